The number of hydrogen-bond donors (Lipinski definition) is 0. The van der Waals surface area contributed by atoms with Crippen LogP contribution in [0.2, 0.25) is 0 Å². The highest BCUT2D eigenvalue weighted by Gasteiger charge is 2.21. The van der Waals surface area contributed by atoms with Crippen LogP contribution in [0.1, 0.15) is 18.2 Å². The zero-order valence-electron chi connectivity index (χ0n) is 15.9. The number of nitrogens with zero attached hydrogens (tertiary/aromatic N) is 5. The highest BCUT2D eigenvalue weighted by Crippen LogP contribution is 2.30. The van der Waals surface area contributed by atoms with Gasteiger partial charge in [0, 0.05) is 36.5 Å². The summed E-state index contributed by atoms with van der Waals surface area (Å²) in [5, 5.41) is 13.8. The number of thioether (sulfide) groups is 1. The van der Waals surface area contributed by atoms with Gasteiger partial charge >= 0.3 is 0 Å². The molecule has 4 rings (SSSR count). The Morgan fingerprint density at radius 1 is 1.14 bits per heavy atom. The Balaban J connectivity index is 1.49. The van der Waals surface area contributed by atoms with Gasteiger partial charge in [-0.25, -0.2) is 4.39 Å². The van der Waals surface area contributed by atoms with E-state index in [0.29, 0.717) is 24.7 Å². The molecule has 0 spiro atoms. The van der Waals surface area contributed by atoms with Gasteiger partial charge in [0.2, 0.25) is 5.95 Å². The zero-order valence-corrected chi connectivity index (χ0v) is 16.7. The average Bonchev–Trinajstić information content (AvgIpc) is 3.31. The van der Waals surface area contributed by atoms with Crippen molar-refractivity contribution in [3.8, 4) is 11.3 Å². The number of benzene rings is 1. The van der Waals surface area contributed by atoms with E-state index in [-0.39, 0.29) is 5.82 Å². The maximum absolute atomic E-state index is 13.1. The van der Waals surface area contributed by atoms with Gasteiger partial charge in [-0.2, -0.15) is 0 Å². The van der Waals surface area contributed by atoms with Crippen LogP contribution in [0.3, 0.4) is 0 Å². The molecule has 0 radical (unpaired) electrons. The van der Waals surface area contributed by atoms with Gasteiger partial charge in [-0.15, -0.1) is 10.2 Å². The van der Waals surface area contributed by atoms with E-state index in [1.165, 1.54) is 12.1 Å². The van der Waals surface area contributed by atoms with Crippen molar-refractivity contribution in [2.24, 2.45) is 0 Å². The largest absolute Gasteiger partial charge is 0.378 e. The van der Waals surface area contributed by atoms with E-state index in [1.807, 2.05) is 6.92 Å². The lowest BCUT2D eigenvalue weighted by atomic mass is 10.1. The predicted octanol–water partition coefficient (Wildman–Crippen LogP) is 3.53. The van der Waals surface area contributed by atoms with Crippen LogP contribution in [-0.4, -0.2) is 46.2 Å². The standard InChI is InChI=1S/C19H22FN5O2S/c1-3-25-18(24-8-10-26-11-9-24)21-22-19(25)28-12-16-13(2)17(27-23-16)14-4-6-15(20)7-5-14/h4-7H,3,8-12H2,1-2H3. The first-order chi connectivity index (χ1) is 13.7. The summed E-state index contributed by atoms with van der Waals surface area (Å²) in [6.07, 6.45) is 0. The van der Waals surface area contributed by atoms with Crippen molar-refractivity contribution < 1.29 is 13.7 Å². The number of anilines is 1. The molecule has 0 aliphatic carbocycles. The fraction of sp³-hybridized carbons (Fsp3) is 0.421. The topological polar surface area (TPSA) is 69.2 Å². The lowest BCUT2D eigenvalue weighted by molar-refractivity contribution is 0.121. The Bertz CT molecular complexity index is 934. The Hall–Kier alpha value is -2.39. The molecule has 1 saturated heterocycles. The monoisotopic (exact) mass is 403 g/mol. The lowest BCUT2D eigenvalue weighted by Gasteiger charge is -2.27. The molecule has 3 aromatic rings. The van der Waals surface area contributed by atoms with E-state index in [1.54, 1.807) is 23.9 Å². The van der Waals surface area contributed by atoms with Gasteiger partial charge in [-0.1, -0.05) is 16.9 Å². The number of ether oxygens (including phenoxy) is 1. The first-order valence-corrected chi connectivity index (χ1v) is 10.3. The van der Waals surface area contributed by atoms with E-state index in [0.717, 1.165) is 47.6 Å². The Labute approximate surface area is 166 Å². The third-order valence-corrected chi connectivity index (χ3v) is 5.75. The molecular weight excluding hydrogens is 381 g/mol. The zero-order chi connectivity index (χ0) is 19.5. The molecule has 28 heavy (non-hydrogen) atoms. The first-order valence-electron chi connectivity index (χ1n) is 9.27. The Morgan fingerprint density at radius 3 is 2.61 bits per heavy atom. The van der Waals surface area contributed by atoms with Crippen LogP contribution < -0.4 is 4.90 Å². The second-order valence-corrected chi connectivity index (χ2v) is 7.45. The van der Waals surface area contributed by atoms with Crippen molar-refractivity contribution in [1.29, 1.82) is 0 Å². The summed E-state index contributed by atoms with van der Waals surface area (Å²) >= 11 is 1.58. The van der Waals surface area contributed by atoms with Crippen molar-refractivity contribution in [1.82, 2.24) is 19.9 Å². The summed E-state index contributed by atoms with van der Waals surface area (Å²) in [7, 11) is 0. The summed E-state index contributed by atoms with van der Waals surface area (Å²) in [6.45, 7) is 7.92. The number of rotatable bonds is 6. The molecule has 1 aromatic carbocycles. The summed E-state index contributed by atoms with van der Waals surface area (Å²) in [6, 6.07) is 6.23. The van der Waals surface area contributed by atoms with Crippen LogP contribution in [0.15, 0.2) is 33.9 Å². The van der Waals surface area contributed by atoms with E-state index < -0.39 is 0 Å². The number of halogens is 1. The molecule has 0 N–H and O–H groups in total. The van der Waals surface area contributed by atoms with Gasteiger partial charge in [0.25, 0.3) is 0 Å². The second kappa shape index (κ2) is 8.32. The molecule has 148 valence electrons. The molecule has 7 nitrogen and oxygen atoms in total. The molecule has 3 heterocycles. The normalized spacial score (nSPS) is 14.6. The van der Waals surface area contributed by atoms with Crippen molar-refractivity contribution >= 4 is 17.7 Å². The fourth-order valence-electron chi connectivity index (χ4n) is 3.17. The van der Waals surface area contributed by atoms with E-state index in [2.05, 4.69) is 31.7 Å². The quantitative estimate of drug-likeness (QED) is 0.583. The first kappa shape index (κ1) is 18.9. The number of morpholine rings is 1. The summed E-state index contributed by atoms with van der Waals surface area (Å²) in [4.78, 5) is 2.21. The predicted molar refractivity (Wildman–Crippen MR) is 105 cm³/mol. The minimum atomic E-state index is -0.272. The molecule has 0 bridgehead atoms. The van der Waals surface area contributed by atoms with Crippen LogP contribution in [0.5, 0.6) is 0 Å². The molecule has 0 saturated carbocycles. The molecule has 0 amide bonds. The third-order valence-electron chi connectivity index (χ3n) is 4.77. The SMILES string of the molecule is CCn1c(SCc2noc(-c3ccc(F)cc3)c2C)nnc1N1CCOCC1. The Kier molecular flexibility index (Phi) is 5.63. The molecule has 0 atom stereocenters. The average molecular weight is 403 g/mol. The molecular formula is C19H22FN5O2S. The maximum Gasteiger partial charge on any atom is 0.228 e. The van der Waals surface area contributed by atoms with Crippen molar-refractivity contribution in [2.75, 3.05) is 31.2 Å². The third kappa shape index (κ3) is 3.77. The highest BCUT2D eigenvalue weighted by molar-refractivity contribution is 7.98. The van der Waals surface area contributed by atoms with Crippen molar-refractivity contribution in [3.05, 3.63) is 41.3 Å². The number of hydrogen-bond acceptors (Lipinski definition) is 7. The molecule has 1 fully saturated rings. The smallest absolute Gasteiger partial charge is 0.228 e. The van der Waals surface area contributed by atoms with Crippen LogP contribution in [0.25, 0.3) is 11.3 Å². The summed E-state index contributed by atoms with van der Waals surface area (Å²) in [5.74, 6) is 1.91. The Morgan fingerprint density at radius 2 is 1.89 bits per heavy atom. The summed E-state index contributed by atoms with van der Waals surface area (Å²) in [5.41, 5.74) is 2.62. The minimum absolute atomic E-state index is 0.272. The van der Waals surface area contributed by atoms with Gasteiger partial charge in [0.05, 0.1) is 18.9 Å². The van der Waals surface area contributed by atoms with Gasteiger partial charge in [0.15, 0.2) is 10.9 Å². The highest BCUT2D eigenvalue weighted by atomic mass is 32.2. The molecule has 1 aliphatic heterocycles. The molecule has 1 aliphatic rings. The van der Waals surface area contributed by atoms with Gasteiger partial charge < -0.3 is 14.2 Å². The van der Waals surface area contributed by atoms with E-state index in [4.69, 9.17) is 9.26 Å². The van der Waals surface area contributed by atoms with E-state index in [9.17, 15) is 4.39 Å². The lowest BCUT2D eigenvalue weighted by Crippen LogP contribution is -2.38. The molecule has 2 aromatic heterocycles. The van der Waals surface area contributed by atoms with Crippen LogP contribution in [0.4, 0.5) is 10.3 Å². The van der Waals surface area contributed by atoms with Gasteiger partial charge in [-0.3, -0.25) is 4.57 Å². The van der Waals surface area contributed by atoms with Gasteiger partial charge in [-0.05, 0) is 38.1 Å². The summed E-state index contributed by atoms with van der Waals surface area (Å²) < 4.78 is 26.2. The van der Waals surface area contributed by atoms with Crippen molar-refractivity contribution in [2.45, 2.75) is 31.3 Å². The maximum atomic E-state index is 13.1. The minimum Gasteiger partial charge on any atom is -0.378 e. The van der Waals surface area contributed by atoms with Gasteiger partial charge in [0.1, 0.15) is 5.82 Å². The van der Waals surface area contributed by atoms with Crippen LogP contribution in [-0.2, 0) is 17.0 Å². The van der Waals surface area contributed by atoms with Crippen LogP contribution >= 0.6 is 11.8 Å². The van der Waals surface area contributed by atoms with Crippen LogP contribution in [0, 0.1) is 12.7 Å². The molecule has 0 unspecified atom stereocenters. The number of aromatic nitrogens is 4. The van der Waals surface area contributed by atoms with Crippen molar-refractivity contribution in [3.63, 3.8) is 0 Å². The van der Waals surface area contributed by atoms with E-state index >= 15 is 0 Å². The fourth-order valence-corrected chi connectivity index (χ4v) is 4.17. The molecule has 9 heteroatoms. The second-order valence-electron chi connectivity index (χ2n) is 6.51.